The summed E-state index contributed by atoms with van der Waals surface area (Å²) in [6.07, 6.45) is 12.0. The number of rotatable bonds is 14. The molecule has 0 bridgehead atoms. The quantitative estimate of drug-likeness (QED) is 0.0902. The van der Waals surface area contributed by atoms with E-state index in [2.05, 4.69) is 84.5 Å². The standard InChI is InChI=1S/C40H48N4O2/c1-6-9-10-11-12-13-14-15-24-37(43-35-22-18-16-20-30(35)32-25-29(7-2)41-27(4)38(32)43)44-36-23-19-17-21-31(36)33-26-34(40(45)46-8-3)42-28(5)39(33)44/h16-23,25-26,37H,6-15,24H2,1-5H3. The van der Waals surface area contributed by atoms with Crippen molar-refractivity contribution in [2.45, 2.75) is 105 Å². The second-order valence-corrected chi connectivity index (χ2v) is 12.7. The first-order valence-corrected chi connectivity index (χ1v) is 17.4. The van der Waals surface area contributed by atoms with Crippen molar-refractivity contribution < 1.29 is 9.53 Å². The Morgan fingerprint density at radius 3 is 1.83 bits per heavy atom. The summed E-state index contributed by atoms with van der Waals surface area (Å²) in [6, 6.07) is 21.6. The van der Waals surface area contributed by atoms with Crippen molar-refractivity contribution in [3.8, 4) is 0 Å². The number of hydrogen-bond donors (Lipinski definition) is 0. The van der Waals surface area contributed by atoms with Crippen molar-refractivity contribution in [2.24, 2.45) is 0 Å². The number of hydrogen-bond acceptors (Lipinski definition) is 4. The van der Waals surface area contributed by atoms with Gasteiger partial charge < -0.3 is 13.9 Å². The first kappa shape index (κ1) is 31.8. The van der Waals surface area contributed by atoms with Crippen LogP contribution in [0.4, 0.5) is 0 Å². The van der Waals surface area contributed by atoms with Crippen LogP contribution in [0.25, 0.3) is 43.6 Å². The Balaban J connectivity index is 1.56. The highest BCUT2D eigenvalue weighted by Crippen LogP contribution is 2.41. The SMILES string of the molecule is CCCCCCCCCCC(n1c2ccccc2c2cc(CC)nc(C)c21)n1c2ccccc2c2cc(C(=O)OCC)nc(C)c21. The lowest BCUT2D eigenvalue weighted by atomic mass is 10.1. The molecule has 0 aliphatic carbocycles. The van der Waals surface area contributed by atoms with Gasteiger partial charge in [-0.2, -0.15) is 0 Å². The van der Waals surface area contributed by atoms with Crippen LogP contribution >= 0.6 is 0 Å². The molecule has 6 heteroatoms. The Morgan fingerprint density at radius 1 is 0.696 bits per heavy atom. The molecule has 46 heavy (non-hydrogen) atoms. The van der Waals surface area contributed by atoms with Crippen molar-refractivity contribution in [3.63, 3.8) is 0 Å². The van der Waals surface area contributed by atoms with Crippen LogP contribution in [0.1, 0.15) is 112 Å². The van der Waals surface area contributed by atoms with Gasteiger partial charge in [0.25, 0.3) is 0 Å². The highest BCUT2D eigenvalue weighted by Gasteiger charge is 2.27. The van der Waals surface area contributed by atoms with Crippen LogP contribution in [0.15, 0.2) is 60.7 Å². The number of nitrogens with zero attached hydrogens (tertiary/aromatic N) is 4. The normalized spacial score (nSPS) is 12.5. The van der Waals surface area contributed by atoms with Gasteiger partial charge in [-0.15, -0.1) is 0 Å². The van der Waals surface area contributed by atoms with E-state index in [-0.39, 0.29) is 12.1 Å². The number of esters is 1. The van der Waals surface area contributed by atoms with E-state index in [4.69, 9.17) is 14.7 Å². The van der Waals surface area contributed by atoms with E-state index < -0.39 is 0 Å². The van der Waals surface area contributed by atoms with Crippen LogP contribution in [0.3, 0.4) is 0 Å². The zero-order chi connectivity index (χ0) is 32.2. The van der Waals surface area contributed by atoms with E-state index in [9.17, 15) is 4.79 Å². The summed E-state index contributed by atoms with van der Waals surface area (Å²) < 4.78 is 10.4. The molecule has 0 N–H and O–H groups in total. The number of fused-ring (bicyclic) bond motifs is 6. The minimum atomic E-state index is -0.379. The monoisotopic (exact) mass is 616 g/mol. The fraction of sp³-hybridized carbons (Fsp3) is 0.425. The van der Waals surface area contributed by atoms with Crippen LogP contribution in [0, 0.1) is 13.8 Å². The lowest BCUT2D eigenvalue weighted by Gasteiger charge is -2.26. The summed E-state index contributed by atoms with van der Waals surface area (Å²) in [5.41, 5.74) is 8.01. The van der Waals surface area contributed by atoms with Crippen molar-refractivity contribution in [2.75, 3.05) is 6.61 Å². The van der Waals surface area contributed by atoms with Crippen LogP contribution in [0.5, 0.6) is 0 Å². The van der Waals surface area contributed by atoms with Gasteiger partial charge in [0.05, 0.1) is 40.1 Å². The smallest absolute Gasteiger partial charge is 0.356 e. The summed E-state index contributed by atoms with van der Waals surface area (Å²) in [4.78, 5) is 22.8. The lowest BCUT2D eigenvalue weighted by molar-refractivity contribution is 0.0519. The van der Waals surface area contributed by atoms with Crippen LogP contribution in [0.2, 0.25) is 0 Å². The third-order valence-corrected chi connectivity index (χ3v) is 9.54. The van der Waals surface area contributed by atoms with Gasteiger partial charge in [-0.1, -0.05) is 95.2 Å². The van der Waals surface area contributed by atoms with Gasteiger partial charge >= 0.3 is 5.97 Å². The maximum atomic E-state index is 12.9. The number of carbonyl (C=O) groups excluding carboxylic acids is 1. The molecule has 4 aromatic heterocycles. The summed E-state index contributed by atoms with van der Waals surface area (Å²) in [5.74, 6) is -0.379. The molecular weight excluding hydrogens is 568 g/mol. The van der Waals surface area contributed by atoms with E-state index in [0.29, 0.717) is 12.3 Å². The molecule has 0 saturated carbocycles. The molecule has 1 atom stereocenters. The zero-order valence-electron chi connectivity index (χ0n) is 28.2. The minimum absolute atomic E-state index is 0.00758. The summed E-state index contributed by atoms with van der Waals surface area (Å²) in [6.45, 7) is 10.8. The van der Waals surface area contributed by atoms with Crippen LogP contribution in [-0.4, -0.2) is 31.7 Å². The van der Waals surface area contributed by atoms with Crippen LogP contribution < -0.4 is 0 Å². The molecule has 6 nitrogen and oxygen atoms in total. The molecule has 1 unspecified atom stereocenters. The predicted octanol–water partition coefficient (Wildman–Crippen LogP) is 10.6. The van der Waals surface area contributed by atoms with Gasteiger partial charge in [-0.3, -0.25) is 4.98 Å². The molecule has 0 spiro atoms. The molecule has 0 saturated heterocycles. The van der Waals surface area contributed by atoms with Gasteiger partial charge in [0.1, 0.15) is 11.9 Å². The highest BCUT2D eigenvalue weighted by atomic mass is 16.5. The van der Waals surface area contributed by atoms with Crippen molar-refractivity contribution >= 4 is 49.6 Å². The molecule has 2 aromatic carbocycles. The number of carbonyl (C=O) groups is 1. The molecule has 6 aromatic rings. The number of ether oxygens (including phenoxy) is 1. The minimum Gasteiger partial charge on any atom is -0.461 e. The Kier molecular flexibility index (Phi) is 9.72. The summed E-state index contributed by atoms with van der Waals surface area (Å²) >= 11 is 0. The number of benzene rings is 2. The largest absolute Gasteiger partial charge is 0.461 e. The second kappa shape index (κ2) is 14.1. The fourth-order valence-electron chi connectivity index (χ4n) is 7.42. The topological polar surface area (TPSA) is 61.9 Å². The first-order valence-electron chi connectivity index (χ1n) is 17.4. The highest BCUT2D eigenvalue weighted by molar-refractivity contribution is 6.11. The number of para-hydroxylation sites is 2. The molecule has 6 rings (SSSR count). The van der Waals surface area contributed by atoms with Gasteiger partial charge in [0, 0.05) is 27.2 Å². The predicted molar refractivity (Wildman–Crippen MR) is 191 cm³/mol. The Morgan fingerprint density at radius 2 is 1.24 bits per heavy atom. The van der Waals surface area contributed by atoms with Gasteiger partial charge in [0.2, 0.25) is 0 Å². The van der Waals surface area contributed by atoms with Gasteiger partial charge in [0.15, 0.2) is 0 Å². The Bertz CT molecular complexity index is 2000. The van der Waals surface area contributed by atoms with Crippen molar-refractivity contribution in [3.05, 3.63) is 83.4 Å². The maximum Gasteiger partial charge on any atom is 0.356 e. The van der Waals surface area contributed by atoms with Crippen LogP contribution in [-0.2, 0) is 11.2 Å². The van der Waals surface area contributed by atoms with E-state index in [1.54, 1.807) is 0 Å². The molecule has 0 radical (unpaired) electrons. The summed E-state index contributed by atoms with van der Waals surface area (Å²) in [5, 5.41) is 4.69. The average molecular weight is 617 g/mol. The molecule has 0 aliphatic heterocycles. The fourth-order valence-corrected chi connectivity index (χ4v) is 7.42. The van der Waals surface area contributed by atoms with Crippen molar-refractivity contribution in [1.82, 2.24) is 19.1 Å². The maximum absolute atomic E-state index is 12.9. The van der Waals surface area contributed by atoms with E-state index in [0.717, 1.165) is 58.2 Å². The first-order chi connectivity index (χ1) is 22.5. The third-order valence-electron chi connectivity index (χ3n) is 9.54. The molecule has 240 valence electrons. The molecular formula is C40H48N4O2. The lowest BCUT2D eigenvalue weighted by Crippen LogP contribution is -2.19. The number of pyridine rings is 2. The molecule has 0 fully saturated rings. The van der Waals surface area contributed by atoms with E-state index in [1.165, 1.54) is 66.8 Å². The van der Waals surface area contributed by atoms with Gasteiger partial charge in [-0.05, 0) is 64.3 Å². The molecule has 4 heterocycles. The average Bonchev–Trinajstić information content (AvgIpc) is 3.58. The second-order valence-electron chi connectivity index (χ2n) is 12.7. The zero-order valence-corrected chi connectivity index (χ0v) is 28.2. The molecule has 0 amide bonds. The summed E-state index contributed by atoms with van der Waals surface area (Å²) in [7, 11) is 0. The molecule has 0 aliphatic rings. The number of unbranched alkanes of at least 4 members (excludes halogenated alkanes) is 7. The van der Waals surface area contributed by atoms with Crippen molar-refractivity contribution in [1.29, 1.82) is 0 Å². The van der Waals surface area contributed by atoms with Gasteiger partial charge in [-0.25, -0.2) is 9.78 Å². The number of aromatic nitrogens is 4. The Hall–Kier alpha value is -4.19. The number of aryl methyl sites for hydroxylation is 3. The Labute approximate surface area is 272 Å². The third kappa shape index (κ3) is 5.90. The van der Waals surface area contributed by atoms with E-state index >= 15 is 0 Å². The van der Waals surface area contributed by atoms with E-state index in [1.807, 2.05) is 19.9 Å².